The Kier molecular flexibility index (Phi) is 4.54. The molecule has 1 amide bonds. The number of pyridine rings is 1. The second-order valence-electron chi connectivity index (χ2n) is 10.6. The third-order valence-corrected chi connectivity index (χ3v) is 8.41. The third-order valence-electron chi connectivity index (χ3n) is 8.41. The molecule has 5 fully saturated rings. The second-order valence-corrected chi connectivity index (χ2v) is 10.6. The number of carbonyl (C=O) groups excluding carboxylic acids is 1. The lowest BCUT2D eigenvalue weighted by molar-refractivity contribution is -0.129. The summed E-state index contributed by atoms with van der Waals surface area (Å²) in [5.74, 6) is 1.46. The van der Waals surface area contributed by atoms with Gasteiger partial charge in [0.15, 0.2) is 0 Å². The first kappa shape index (κ1) is 19.6. The predicted molar refractivity (Wildman–Crippen MR) is 118 cm³/mol. The third kappa shape index (κ3) is 3.42. The summed E-state index contributed by atoms with van der Waals surface area (Å²) in [4.78, 5) is 20.9. The molecule has 2 atom stereocenters. The van der Waals surface area contributed by atoms with E-state index in [1.807, 2.05) is 12.3 Å². The van der Waals surface area contributed by atoms with Gasteiger partial charge in [-0.05, 0) is 81.6 Å². The average Bonchev–Trinajstić information content (AvgIpc) is 3.20. The van der Waals surface area contributed by atoms with Crippen molar-refractivity contribution in [3.8, 4) is 0 Å². The van der Waals surface area contributed by atoms with Crippen molar-refractivity contribution in [1.29, 1.82) is 0 Å². The van der Waals surface area contributed by atoms with Crippen LogP contribution < -0.4 is 10.6 Å². The maximum Gasteiger partial charge on any atom is 0.255 e. The minimum atomic E-state index is -0.470. The maximum atomic E-state index is 13.3. The van der Waals surface area contributed by atoms with Gasteiger partial charge in [-0.3, -0.25) is 4.79 Å². The molecular formula is C24H32N4O3. The van der Waals surface area contributed by atoms with Gasteiger partial charge in [-0.15, -0.1) is 0 Å². The molecule has 0 saturated heterocycles. The highest BCUT2D eigenvalue weighted by Crippen LogP contribution is 2.56. The molecule has 166 valence electrons. The van der Waals surface area contributed by atoms with Gasteiger partial charge in [0, 0.05) is 29.9 Å². The highest BCUT2D eigenvalue weighted by atomic mass is 16.3. The first-order valence-electron chi connectivity index (χ1n) is 11.9. The molecule has 0 aromatic carbocycles. The van der Waals surface area contributed by atoms with Crippen LogP contribution in [0, 0.1) is 17.8 Å². The van der Waals surface area contributed by atoms with Crippen molar-refractivity contribution < 1.29 is 15.0 Å². The summed E-state index contributed by atoms with van der Waals surface area (Å²) >= 11 is 0. The smallest absolute Gasteiger partial charge is 0.255 e. The van der Waals surface area contributed by atoms with Crippen molar-refractivity contribution in [3.05, 3.63) is 24.0 Å². The summed E-state index contributed by atoms with van der Waals surface area (Å²) in [5, 5.41) is 28.6. The van der Waals surface area contributed by atoms with Gasteiger partial charge < -0.3 is 25.8 Å². The van der Waals surface area contributed by atoms with Crippen molar-refractivity contribution in [2.75, 3.05) is 5.32 Å². The van der Waals surface area contributed by atoms with Gasteiger partial charge in [-0.1, -0.05) is 0 Å². The summed E-state index contributed by atoms with van der Waals surface area (Å²) < 4.78 is 0. The number of aliphatic hydroxyl groups excluding tert-OH is 1. The summed E-state index contributed by atoms with van der Waals surface area (Å²) in [6.45, 7) is 0. The minimum Gasteiger partial charge on any atom is -0.393 e. The fourth-order valence-corrected chi connectivity index (χ4v) is 7.20. The lowest BCUT2D eigenvalue weighted by Crippen LogP contribution is -2.59. The van der Waals surface area contributed by atoms with E-state index in [0.717, 1.165) is 61.7 Å². The van der Waals surface area contributed by atoms with Crippen LogP contribution in [0.5, 0.6) is 0 Å². The van der Waals surface area contributed by atoms with E-state index < -0.39 is 5.60 Å². The fourth-order valence-electron chi connectivity index (χ4n) is 7.20. The number of hydrogen-bond donors (Lipinski definition) is 5. The van der Waals surface area contributed by atoms with Gasteiger partial charge in [0.2, 0.25) is 0 Å². The molecular weight excluding hydrogens is 392 g/mol. The highest BCUT2D eigenvalue weighted by molar-refractivity contribution is 6.06. The van der Waals surface area contributed by atoms with Crippen molar-refractivity contribution in [1.82, 2.24) is 15.3 Å². The molecule has 5 aliphatic carbocycles. The monoisotopic (exact) mass is 424 g/mol. The molecule has 31 heavy (non-hydrogen) atoms. The lowest BCUT2D eigenvalue weighted by Gasteiger charge is -2.58. The molecule has 7 rings (SSSR count). The number of nitrogens with zero attached hydrogens (tertiary/aromatic N) is 1. The van der Waals surface area contributed by atoms with Crippen LogP contribution in [-0.4, -0.2) is 49.9 Å². The van der Waals surface area contributed by atoms with Gasteiger partial charge in [0.05, 0.1) is 23.0 Å². The van der Waals surface area contributed by atoms with Gasteiger partial charge in [-0.25, -0.2) is 4.98 Å². The zero-order valence-electron chi connectivity index (χ0n) is 17.8. The SMILES string of the molecule is O=C(N[C@H]1CC[C@H](O)CC1)c1cnc2[nH]ccc2c1N[C@H]1C2CC3CC1C[C@@](O)(C3)C2. The number of H-pyrrole nitrogens is 1. The molecule has 2 heterocycles. The Morgan fingerprint density at radius 1 is 1.13 bits per heavy atom. The molecule has 5 saturated carbocycles. The predicted octanol–water partition coefficient (Wildman–Crippen LogP) is 2.95. The number of aliphatic hydroxyl groups is 2. The number of nitrogens with one attached hydrogen (secondary N) is 3. The molecule has 4 bridgehead atoms. The molecule has 0 radical (unpaired) electrons. The van der Waals surface area contributed by atoms with Crippen molar-refractivity contribution in [3.63, 3.8) is 0 Å². The molecule has 2 unspecified atom stereocenters. The van der Waals surface area contributed by atoms with Crippen LogP contribution in [-0.2, 0) is 0 Å². The summed E-state index contributed by atoms with van der Waals surface area (Å²) in [6, 6.07) is 2.37. The molecule has 2 aromatic rings. The molecule has 5 N–H and O–H groups in total. The van der Waals surface area contributed by atoms with Gasteiger partial charge >= 0.3 is 0 Å². The van der Waals surface area contributed by atoms with E-state index in [1.165, 1.54) is 12.8 Å². The van der Waals surface area contributed by atoms with E-state index >= 15 is 0 Å². The first-order chi connectivity index (χ1) is 15.0. The van der Waals surface area contributed by atoms with E-state index in [4.69, 9.17) is 0 Å². The number of aromatic amines is 1. The zero-order chi connectivity index (χ0) is 21.2. The molecule has 0 aliphatic heterocycles. The van der Waals surface area contributed by atoms with E-state index in [9.17, 15) is 15.0 Å². The topological polar surface area (TPSA) is 110 Å². The fraction of sp³-hybridized carbons (Fsp3) is 0.667. The Bertz CT molecular complexity index is 980. The van der Waals surface area contributed by atoms with E-state index in [2.05, 4.69) is 20.6 Å². The quantitative estimate of drug-likeness (QED) is 0.518. The maximum absolute atomic E-state index is 13.3. The average molecular weight is 425 g/mol. The Balaban J connectivity index is 1.29. The number of rotatable bonds is 4. The van der Waals surface area contributed by atoms with Gasteiger partial charge in [-0.2, -0.15) is 0 Å². The molecule has 7 heteroatoms. The van der Waals surface area contributed by atoms with Crippen LogP contribution in [0.2, 0.25) is 0 Å². The molecule has 2 aromatic heterocycles. The van der Waals surface area contributed by atoms with Crippen LogP contribution >= 0.6 is 0 Å². The van der Waals surface area contributed by atoms with E-state index in [0.29, 0.717) is 23.3 Å². The Morgan fingerprint density at radius 3 is 2.58 bits per heavy atom. The number of hydrogen-bond acceptors (Lipinski definition) is 5. The van der Waals surface area contributed by atoms with E-state index in [1.54, 1.807) is 6.20 Å². The highest BCUT2D eigenvalue weighted by Gasteiger charge is 2.54. The number of amides is 1. The van der Waals surface area contributed by atoms with Crippen LogP contribution in [0.3, 0.4) is 0 Å². The Hall–Kier alpha value is -2.12. The minimum absolute atomic E-state index is 0.0954. The van der Waals surface area contributed by atoms with Gasteiger partial charge in [0.25, 0.3) is 5.91 Å². The number of carbonyl (C=O) groups is 1. The lowest BCUT2D eigenvalue weighted by atomic mass is 9.52. The van der Waals surface area contributed by atoms with Crippen molar-refractivity contribution in [2.24, 2.45) is 17.8 Å². The van der Waals surface area contributed by atoms with Crippen LogP contribution in [0.15, 0.2) is 18.5 Å². The molecule has 0 spiro atoms. The number of fused-ring (bicyclic) bond motifs is 1. The summed E-state index contributed by atoms with van der Waals surface area (Å²) in [5.41, 5.74) is 1.76. The zero-order valence-corrected chi connectivity index (χ0v) is 17.8. The van der Waals surface area contributed by atoms with Crippen molar-refractivity contribution in [2.45, 2.75) is 81.6 Å². The second kappa shape index (κ2) is 7.20. The van der Waals surface area contributed by atoms with Crippen LogP contribution in [0.1, 0.15) is 68.1 Å². The number of aromatic nitrogens is 2. The standard InChI is InChI=1S/C24H32N4O3/c29-17-3-1-16(2-4-17)27-23(30)19-12-26-22-18(5-6-25-22)21(19)28-20-14-7-13-8-15(20)11-24(31,9-13)10-14/h5-6,12-17,20,29,31H,1-4,7-11H2,(H,27,30)(H2,25,26,28)/t13?,14?,15?,16-,17-,20-,24+. The van der Waals surface area contributed by atoms with Gasteiger partial charge in [0.1, 0.15) is 5.65 Å². The largest absolute Gasteiger partial charge is 0.393 e. The first-order valence-corrected chi connectivity index (χ1v) is 11.9. The number of anilines is 1. The molecule has 7 nitrogen and oxygen atoms in total. The van der Waals surface area contributed by atoms with E-state index in [-0.39, 0.29) is 24.1 Å². The van der Waals surface area contributed by atoms with Crippen LogP contribution in [0.4, 0.5) is 5.69 Å². The normalized spacial score (nSPS) is 39.0. The Morgan fingerprint density at radius 2 is 1.87 bits per heavy atom. The van der Waals surface area contributed by atoms with Crippen LogP contribution in [0.25, 0.3) is 11.0 Å². The summed E-state index contributed by atoms with van der Waals surface area (Å²) in [7, 11) is 0. The van der Waals surface area contributed by atoms with Crippen molar-refractivity contribution >= 4 is 22.6 Å². The Labute approximate surface area is 182 Å². The summed E-state index contributed by atoms with van der Waals surface area (Å²) in [6.07, 6.45) is 11.4. The molecule has 5 aliphatic rings.